The van der Waals surface area contributed by atoms with Crippen LogP contribution in [-0.2, 0) is 9.59 Å². The highest BCUT2D eigenvalue weighted by Gasteiger charge is 2.15. The number of carbonyl (C=O) groups excluding carboxylic acids is 2. The van der Waals surface area contributed by atoms with E-state index in [1.807, 2.05) is 12.1 Å². The van der Waals surface area contributed by atoms with Crippen LogP contribution in [0.25, 0.3) is 0 Å². The van der Waals surface area contributed by atoms with Gasteiger partial charge in [-0.15, -0.1) is 11.8 Å². The first kappa shape index (κ1) is 18.7. The molecule has 1 unspecified atom stereocenters. The van der Waals surface area contributed by atoms with Crippen molar-refractivity contribution in [1.82, 2.24) is 14.8 Å². The van der Waals surface area contributed by atoms with Gasteiger partial charge in [-0.25, -0.2) is 0 Å². The average molecular weight is 381 g/mol. The van der Waals surface area contributed by atoms with Crippen LogP contribution in [0.5, 0.6) is 0 Å². The third kappa shape index (κ3) is 5.42. The molecule has 0 fully saturated rings. The van der Waals surface area contributed by atoms with Crippen LogP contribution in [0.4, 0.5) is 11.4 Å². The molecule has 27 heavy (non-hydrogen) atoms. The van der Waals surface area contributed by atoms with Crippen LogP contribution >= 0.6 is 11.8 Å². The Labute approximate surface area is 161 Å². The SMILES string of the molecule is CC(C(=O)Nc1cccc(NC(=O)CSc2ccncc2)c1)n1cccn1. The highest BCUT2D eigenvalue weighted by Crippen LogP contribution is 2.19. The number of aromatic nitrogens is 3. The van der Waals surface area contributed by atoms with Gasteiger partial charge in [0.05, 0.1) is 5.75 Å². The number of hydrogen-bond donors (Lipinski definition) is 2. The Bertz CT molecular complexity index is 899. The second kappa shape index (κ2) is 9.00. The normalized spacial score (nSPS) is 11.6. The van der Waals surface area contributed by atoms with Crippen molar-refractivity contribution in [3.63, 3.8) is 0 Å². The second-order valence-electron chi connectivity index (χ2n) is 5.75. The van der Waals surface area contributed by atoms with Crippen LogP contribution in [0.3, 0.4) is 0 Å². The van der Waals surface area contributed by atoms with Gasteiger partial charge in [0.15, 0.2) is 0 Å². The maximum atomic E-state index is 12.3. The lowest BCUT2D eigenvalue weighted by molar-refractivity contribution is -0.119. The van der Waals surface area contributed by atoms with Crippen LogP contribution in [0, 0.1) is 0 Å². The molecule has 0 bridgehead atoms. The number of hydrogen-bond acceptors (Lipinski definition) is 5. The number of amides is 2. The Morgan fingerprint density at radius 2 is 1.81 bits per heavy atom. The van der Waals surface area contributed by atoms with Crippen molar-refractivity contribution in [2.24, 2.45) is 0 Å². The molecule has 1 aromatic carbocycles. The lowest BCUT2D eigenvalue weighted by Crippen LogP contribution is -2.24. The molecule has 0 spiro atoms. The summed E-state index contributed by atoms with van der Waals surface area (Å²) in [6.45, 7) is 1.77. The third-order valence-corrected chi connectivity index (χ3v) is 4.75. The first-order valence-corrected chi connectivity index (χ1v) is 9.33. The van der Waals surface area contributed by atoms with Crippen LogP contribution < -0.4 is 10.6 Å². The number of thioether (sulfide) groups is 1. The first-order chi connectivity index (χ1) is 13.1. The molecule has 138 valence electrons. The summed E-state index contributed by atoms with van der Waals surface area (Å²) < 4.78 is 1.58. The quantitative estimate of drug-likeness (QED) is 0.614. The monoisotopic (exact) mass is 381 g/mol. The topological polar surface area (TPSA) is 88.9 Å². The lowest BCUT2D eigenvalue weighted by Gasteiger charge is -2.13. The third-order valence-electron chi connectivity index (χ3n) is 3.73. The first-order valence-electron chi connectivity index (χ1n) is 8.34. The Balaban J connectivity index is 1.55. The predicted octanol–water partition coefficient (Wildman–Crippen LogP) is 3.21. The van der Waals surface area contributed by atoms with Crippen molar-refractivity contribution < 1.29 is 9.59 Å². The molecule has 0 saturated carbocycles. The average Bonchev–Trinajstić information content (AvgIpc) is 3.21. The van der Waals surface area contributed by atoms with Gasteiger partial charge in [0.25, 0.3) is 0 Å². The van der Waals surface area contributed by atoms with Crippen molar-refractivity contribution in [2.75, 3.05) is 16.4 Å². The fraction of sp³-hybridized carbons (Fsp3) is 0.158. The Morgan fingerprint density at radius 1 is 1.07 bits per heavy atom. The molecule has 8 heteroatoms. The van der Waals surface area contributed by atoms with E-state index in [4.69, 9.17) is 0 Å². The number of rotatable bonds is 7. The maximum Gasteiger partial charge on any atom is 0.248 e. The van der Waals surface area contributed by atoms with Crippen molar-refractivity contribution >= 4 is 35.0 Å². The fourth-order valence-corrected chi connectivity index (χ4v) is 3.02. The summed E-state index contributed by atoms with van der Waals surface area (Å²) in [5.74, 6) is -0.0164. The van der Waals surface area contributed by atoms with Gasteiger partial charge in [0.1, 0.15) is 6.04 Å². The zero-order valence-electron chi connectivity index (χ0n) is 14.7. The van der Waals surface area contributed by atoms with Crippen LogP contribution in [0.2, 0.25) is 0 Å². The Hall–Kier alpha value is -3.13. The van der Waals surface area contributed by atoms with E-state index in [9.17, 15) is 9.59 Å². The van der Waals surface area contributed by atoms with E-state index in [0.717, 1.165) is 4.90 Å². The highest BCUT2D eigenvalue weighted by molar-refractivity contribution is 8.00. The van der Waals surface area contributed by atoms with Gasteiger partial charge in [-0.1, -0.05) is 6.07 Å². The number of nitrogens with one attached hydrogen (secondary N) is 2. The largest absolute Gasteiger partial charge is 0.325 e. The smallest absolute Gasteiger partial charge is 0.248 e. The molecule has 0 aliphatic rings. The molecule has 3 rings (SSSR count). The van der Waals surface area contributed by atoms with E-state index < -0.39 is 6.04 Å². The Kier molecular flexibility index (Phi) is 6.22. The van der Waals surface area contributed by atoms with Gasteiger partial charge >= 0.3 is 0 Å². The lowest BCUT2D eigenvalue weighted by atomic mass is 10.2. The molecule has 0 aliphatic heterocycles. The van der Waals surface area contributed by atoms with Gasteiger partial charge in [0, 0.05) is 41.1 Å². The zero-order valence-corrected chi connectivity index (χ0v) is 15.5. The Morgan fingerprint density at radius 3 is 2.52 bits per heavy atom. The van der Waals surface area contributed by atoms with Gasteiger partial charge in [-0.2, -0.15) is 5.10 Å². The molecule has 1 atom stereocenters. The number of nitrogens with zero attached hydrogens (tertiary/aromatic N) is 3. The second-order valence-corrected chi connectivity index (χ2v) is 6.80. The summed E-state index contributed by atoms with van der Waals surface area (Å²) in [6.07, 6.45) is 6.75. The maximum absolute atomic E-state index is 12.3. The highest BCUT2D eigenvalue weighted by atomic mass is 32.2. The van der Waals surface area contributed by atoms with Gasteiger partial charge in [0.2, 0.25) is 11.8 Å². The summed E-state index contributed by atoms with van der Waals surface area (Å²) >= 11 is 1.43. The van der Waals surface area contributed by atoms with Gasteiger partial charge in [-0.05, 0) is 43.3 Å². The van der Waals surface area contributed by atoms with Gasteiger partial charge < -0.3 is 10.6 Å². The summed E-state index contributed by atoms with van der Waals surface area (Å²) in [6, 6.07) is 12.1. The molecule has 7 nitrogen and oxygen atoms in total. The predicted molar refractivity (Wildman–Crippen MR) is 106 cm³/mol. The van der Waals surface area contributed by atoms with E-state index in [0.29, 0.717) is 11.4 Å². The van der Waals surface area contributed by atoms with Crippen molar-refractivity contribution in [3.05, 3.63) is 67.3 Å². The number of carbonyl (C=O) groups is 2. The minimum Gasteiger partial charge on any atom is -0.325 e. The molecule has 0 aliphatic carbocycles. The molecular formula is C19H19N5O2S. The van der Waals surface area contributed by atoms with Crippen LogP contribution in [0.1, 0.15) is 13.0 Å². The van der Waals surface area contributed by atoms with E-state index in [1.165, 1.54) is 11.8 Å². The van der Waals surface area contributed by atoms with E-state index in [1.54, 1.807) is 66.7 Å². The molecule has 2 aromatic heterocycles. The summed E-state index contributed by atoms with van der Waals surface area (Å²) in [4.78, 5) is 29.4. The molecule has 2 amide bonds. The summed E-state index contributed by atoms with van der Waals surface area (Å²) in [7, 11) is 0. The molecule has 2 heterocycles. The van der Waals surface area contributed by atoms with Crippen LogP contribution in [0.15, 0.2) is 72.1 Å². The van der Waals surface area contributed by atoms with E-state index in [-0.39, 0.29) is 17.6 Å². The van der Waals surface area contributed by atoms with Crippen molar-refractivity contribution in [1.29, 1.82) is 0 Å². The minimum atomic E-state index is -0.435. The summed E-state index contributed by atoms with van der Waals surface area (Å²) in [5, 5.41) is 9.75. The fourth-order valence-electron chi connectivity index (χ4n) is 2.33. The van der Waals surface area contributed by atoms with E-state index in [2.05, 4.69) is 20.7 Å². The minimum absolute atomic E-state index is 0.120. The molecule has 3 aromatic rings. The summed E-state index contributed by atoms with van der Waals surface area (Å²) in [5.41, 5.74) is 1.23. The number of pyridine rings is 1. The van der Waals surface area contributed by atoms with Gasteiger partial charge in [-0.3, -0.25) is 19.3 Å². The number of benzene rings is 1. The van der Waals surface area contributed by atoms with E-state index >= 15 is 0 Å². The zero-order chi connectivity index (χ0) is 19.1. The van der Waals surface area contributed by atoms with Crippen LogP contribution in [-0.4, -0.2) is 32.3 Å². The number of anilines is 2. The van der Waals surface area contributed by atoms with Crippen molar-refractivity contribution in [3.8, 4) is 0 Å². The molecule has 2 N–H and O–H groups in total. The van der Waals surface area contributed by atoms with Crippen molar-refractivity contribution in [2.45, 2.75) is 17.9 Å². The molecule has 0 radical (unpaired) electrons. The molecular weight excluding hydrogens is 362 g/mol. The molecule has 0 saturated heterocycles. The standard InChI is InChI=1S/C19H19N5O2S/c1-14(24-11-3-8-21-24)19(26)23-16-5-2-4-15(12-16)22-18(25)13-27-17-6-9-20-10-7-17/h2-12,14H,13H2,1H3,(H,22,25)(H,23,26).